The molecule has 0 saturated carbocycles. The summed E-state index contributed by atoms with van der Waals surface area (Å²) in [6.07, 6.45) is 2.19. The topological polar surface area (TPSA) is 3.88 Å². The molecule has 0 radical (unpaired) electrons. The zero-order valence-electron chi connectivity index (χ0n) is 14.8. The third-order valence-electron chi connectivity index (χ3n) is 5.49. The maximum Gasteiger partial charge on any atom is 0.212 e. The molecule has 25 heavy (non-hydrogen) atoms. The van der Waals surface area contributed by atoms with E-state index in [9.17, 15) is 0 Å². The third kappa shape index (κ3) is 1.93. The number of rotatable bonds is 1. The van der Waals surface area contributed by atoms with Gasteiger partial charge in [0.1, 0.15) is 7.05 Å². The first kappa shape index (κ1) is 14.4. The van der Waals surface area contributed by atoms with E-state index in [4.69, 9.17) is 0 Å². The van der Waals surface area contributed by atoms with Crippen LogP contribution in [0, 0.1) is 13.8 Å². The first-order valence-corrected chi connectivity index (χ1v) is 8.78. The number of hydrogen-bond acceptors (Lipinski definition) is 0. The smallest absolute Gasteiger partial charge is 0.201 e. The fraction of sp³-hybridized carbons (Fsp3) is 0.125. The summed E-state index contributed by atoms with van der Waals surface area (Å²) < 4.78 is 2.23. The summed E-state index contributed by atoms with van der Waals surface area (Å²) in [6, 6.07) is 22.3. The molecule has 0 N–H and O–H groups in total. The van der Waals surface area contributed by atoms with Crippen LogP contribution < -0.4 is 4.57 Å². The van der Waals surface area contributed by atoms with Gasteiger partial charge in [0.25, 0.3) is 0 Å². The molecule has 3 aromatic carbocycles. The molecule has 1 nitrogen and oxygen atoms in total. The molecule has 1 heteroatoms. The summed E-state index contributed by atoms with van der Waals surface area (Å²) >= 11 is 0. The standard InChI is InChI=1S/C24H20N/c1-15-10-13-22(25(3)14-15)18-11-12-20-19-8-4-6-17-7-5-9-21(24(17)19)23(20)16(18)2/h4-14H,1-3H3/q+1. The van der Waals surface area contributed by atoms with Crippen LogP contribution in [-0.4, -0.2) is 0 Å². The van der Waals surface area contributed by atoms with E-state index >= 15 is 0 Å². The molecule has 0 saturated heterocycles. The van der Waals surface area contributed by atoms with E-state index in [1.54, 1.807) is 0 Å². The van der Waals surface area contributed by atoms with Crippen molar-refractivity contribution in [1.29, 1.82) is 0 Å². The van der Waals surface area contributed by atoms with Gasteiger partial charge in [-0.1, -0.05) is 42.5 Å². The highest BCUT2D eigenvalue weighted by Gasteiger charge is 2.25. The van der Waals surface area contributed by atoms with E-state index in [2.05, 4.69) is 92.3 Å². The van der Waals surface area contributed by atoms with Crippen LogP contribution in [0.2, 0.25) is 0 Å². The van der Waals surface area contributed by atoms with Crippen molar-refractivity contribution in [3.05, 3.63) is 78.0 Å². The van der Waals surface area contributed by atoms with Gasteiger partial charge in [0.15, 0.2) is 6.20 Å². The average molecular weight is 322 g/mol. The largest absolute Gasteiger partial charge is 0.212 e. The van der Waals surface area contributed by atoms with Crippen molar-refractivity contribution in [3.63, 3.8) is 0 Å². The Balaban J connectivity index is 1.84. The Morgan fingerprint density at radius 2 is 1.40 bits per heavy atom. The molecule has 0 fully saturated rings. The summed E-state index contributed by atoms with van der Waals surface area (Å²) in [6.45, 7) is 4.40. The molecule has 0 unspecified atom stereocenters. The summed E-state index contributed by atoms with van der Waals surface area (Å²) in [5.41, 5.74) is 10.7. The molecule has 1 heterocycles. The van der Waals surface area contributed by atoms with Crippen molar-refractivity contribution >= 4 is 10.8 Å². The van der Waals surface area contributed by atoms with E-state index in [1.165, 1.54) is 55.4 Å². The Kier molecular flexibility index (Phi) is 2.90. The fourth-order valence-corrected chi connectivity index (χ4v) is 4.36. The molecule has 120 valence electrons. The molecule has 4 aromatic rings. The van der Waals surface area contributed by atoms with Gasteiger partial charge in [-0.25, -0.2) is 4.57 Å². The van der Waals surface area contributed by atoms with E-state index in [0.29, 0.717) is 0 Å². The maximum absolute atomic E-state index is 2.30. The van der Waals surface area contributed by atoms with Crippen molar-refractivity contribution < 1.29 is 4.57 Å². The minimum Gasteiger partial charge on any atom is -0.201 e. The van der Waals surface area contributed by atoms with Crippen molar-refractivity contribution in [2.24, 2.45) is 7.05 Å². The predicted octanol–water partition coefficient (Wildman–Crippen LogP) is 5.60. The van der Waals surface area contributed by atoms with Crippen LogP contribution in [0.25, 0.3) is 44.3 Å². The SMILES string of the molecule is Cc1ccc(-c2ccc3c(c2C)-c2cccc4cccc-3c24)[n+](C)c1. The molecule has 0 spiro atoms. The molecular formula is C24H20N+. The predicted molar refractivity (Wildman–Crippen MR) is 104 cm³/mol. The van der Waals surface area contributed by atoms with E-state index < -0.39 is 0 Å². The Morgan fingerprint density at radius 1 is 0.680 bits per heavy atom. The molecular weight excluding hydrogens is 302 g/mol. The van der Waals surface area contributed by atoms with Gasteiger partial charge in [0, 0.05) is 17.2 Å². The summed E-state index contributed by atoms with van der Waals surface area (Å²) in [5, 5.41) is 2.72. The first-order chi connectivity index (χ1) is 12.1. The molecule has 1 aromatic heterocycles. The van der Waals surface area contributed by atoms with Crippen LogP contribution in [0.3, 0.4) is 0 Å². The summed E-state index contributed by atoms with van der Waals surface area (Å²) in [5.74, 6) is 0. The number of fused-ring (bicyclic) bond motifs is 3. The fourth-order valence-electron chi connectivity index (χ4n) is 4.36. The zero-order valence-corrected chi connectivity index (χ0v) is 14.8. The second-order valence-electron chi connectivity index (χ2n) is 7.07. The molecule has 0 atom stereocenters. The van der Waals surface area contributed by atoms with E-state index in [0.717, 1.165) is 0 Å². The van der Waals surface area contributed by atoms with Crippen LogP contribution >= 0.6 is 0 Å². The minimum atomic E-state index is 1.26. The quantitative estimate of drug-likeness (QED) is 0.354. The third-order valence-corrected chi connectivity index (χ3v) is 5.49. The molecule has 5 rings (SSSR count). The Labute approximate surface area is 148 Å². The van der Waals surface area contributed by atoms with Gasteiger partial charge in [-0.2, -0.15) is 0 Å². The summed E-state index contributed by atoms with van der Waals surface area (Å²) in [7, 11) is 2.13. The second-order valence-corrected chi connectivity index (χ2v) is 7.07. The van der Waals surface area contributed by atoms with Crippen LogP contribution in [0.4, 0.5) is 0 Å². The molecule has 1 aliphatic rings. The molecule has 0 amide bonds. The number of benzene rings is 3. The number of hydrogen-bond donors (Lipinski definition) is 0. The number of aryl methyl sites for hydroxylation is 2. The van der Waals surface area contributed by atoms with Gasteiger partial charge in [-0.3, -0.25) is 0 Å². The lowest BCUT2D eigenvalue weighted by atomic mass is 9.93. The zero-order chi connectivity index (χ0) is 17.1. The number of pyridine rings is 1. The lowest BCUT2D eigenvalue weighted by Crippen LogP contribution is -2.31. The molecule has 0 bridgehead atoms. The van der Waals surface area contributed by atoms with Crippen molar-refractivity contribution in [1.82, 2.24) is 0 Å². The van der Waals surface area contributed by atoms with Crippen LogP contribution in [0.15, 0.2) is 66.9 Å². The van der Waals surface area contributed by atoms with Gasteiger partial charge >= 0.3 is 0 Å². The van der Waals surface area contributed by atoms with Crippen molar-refractivity contribution in [2.45, 2.75) is 13.8 Å². The first-order valence-electron chi connectivity index (χ1n) is 8.78. The van der Waals surface area contributed by atoms with Gasteiger partial charge < -0.3 is 0 Å². The number of aromatic nitrogens is 1. The minimum absolute atomic E-state index is 1.26. The van der Waals surface area contributed by atoms with Crippen LogP contribution in [0.1, 0.15) is 11.1 Å². The van der Waals surface area contributed by atoms with Gasteiger partial charge in [-0.15, -0.1) is 0 Å². The average Bonchev–Trinajstić information content (AvgIpc) is 2.93. The van der Waals surface area contributed by atoms with Crippen molar-refractivity contribution in [3.8, 4) is 33.5 Å². The normalized spacial score (nSPS) is 11.8. The highest BCUT2D eigenvalue weighted by molar-refractivity contribution is 6.16. The van der Waals surface area contributed by atoms with Crippen LogP contribution in [-0.2, 0) is 7.05 Å². The lowest BCUT2D eigenvalue weighted by Gasteiger charge is -2.11. The van der Waals surface area contributed by atoms with Crippen LogP contribution in [0.5, 0.6) is 0 Å². The number of nitrogens with zero attached hydrogens (tertiary/aromatic N) is 1. The van der Waals surface area contributed by atoms with Crippen molar-refractivity contribution in [2.75, 3.05) is 0 Å². The molecule has 1 aliphatic carbocycles. The maximum atomic E-state index is 2.30. The Morgan fingerprint density at radius 3 is 2.16 bits per heavy atom. The summed E-state index contributed by atoms with van der Waals surface area (Å²) in [4.78, 5) is 0. The highest BCUT2D eigenvalue weighted by Crippen LogP contribution is 2.49. The van der Waals surface area contributed by atoms with Gasteiger partial charge in [-0.05, 0) is 64.6 Å². The lowest BCUT2D eigenvalue weighted by molar-refractivity contribution is -0.660. The highest BCUT2D eigenvalue weighted by atomic mass is 14.9. The second kappa shape index (κ2) is 5.03. The monoisotopic (exact) mass is 322 g/mol. The van der Waals surface area contributed by atoms with E-state index in [1.807, 2.05) is 0 Å². The molecule has 0 aliphatic heterocycles. The van der Waals surface area contributed by atoms with Gasteiger partial charge in [0.05, 0.1) is 0 Å². The Hall–Kier alpha value is -2.93. The van der Waals surface area contributed by atoms with E-state index in [-0.39, 0.29) is 0 Å². The Bertz CT molecular complexity index is 1160. The van der Waals surface area contributed by atoms with Gasteiger partial charge in [0.2, 0.25) is 5.69 Å².